The number of carbonyl (C=O) groups is 2. The van der Waals surface area contributed by atoms with Crippen molar-refractivity contribution in [2.24, 2.45) is 0 Å². The van der Waals surface area contributed by atoms with Crippen LogP contribution in [0.25, 0.3) is 6.08 Å². The third-order valence-electron chi connectivity index (χ3n) is 2.29. The molecule has 21 heavy (non-hydrogen) atoms. The summed E-state index contributed by atoms with van der Waals surface area (Å²) >= 11 is 1.43. The number of carbonyl (C=O) groups excluding carboxylic acids is 1. The Bertz CT molecular complexity index is 514. The predicted molar refractivity (Wildman–Crippen MR) is 83.5 cm³/mol. The lowest BCUT2D eigenvalue weighted by Gasteiger charge is -2.19. The summed E-state index contributed by atoms with van der Waals surface area (Å²) in [5, 5.41) is 13.3. The van der Waals surface area contributed by atoms with Crippen molar-refractivity contribution in [1.82, 2.24) is 5.32 Å². The fraction of sp³-hybridized carbons (Fsp3) is 0.467. The molecule has 0 aliphatic rings. The van der Waals surface area contributed by atoms with Gasteiger partial charge in [-0.2, -0.15) is 0 Å². The highest BCUT2D eigenvalue weighted by molar-refractivity contribution is 7.10. The Kier molecular flexibility index (Phi) is 6.42. The van der Waals surface area contributed by atoms with Gasteiger partial charge in [0.15, 0.2) is 0 Å². The Morgan fingerprint density at radius 1 is 1.43 bits per heavy atom. The van der Waals surface area contributed by atoms with Crippen molar-refractivity contribution in [2.75, 3.05) is 6.54 Å². The second-order valence-electron chi connectivity index (χ2n) is 5.54. The molecule has 0 bridgehead atoms. The number of alkyl carbamates (subject to hydrolysis) is 1. The maximum absolute atomic E-state index is 11.4. The molecule has 0 aliphatic heterocycles. The van der Waals surface area contributed by atoms with Crippen LogP contribution in [0.15, 0.2) is 17.5 Å². The minimum absolute atomic E-state index is 0.0543. The Labute approximate surface area is 128 Å². The van der Waals surface area contributed by atoms with E-state index in [1.807, 2.05) is 44.4 Å². The number of carboxylic acid groups (broad SMARTS) is 1. The van der Waals surface area contributed by atoms with Gasteiger partial charge in [0.05, 0.1) is 6.42 Å². The Balaban J connectivity index is 2.27. The summed E-state index contributed by atoms with van der Waals surface area (Å²) < 4.78 is 5.11. The minimum atomic E-state index is -0.825. The molecule has 0 atom stereocenters. The molecule has 0 aliphatic carbocycles. The van der Waals surface area contributed by atoms with E-state index in [4.69, 9.17) is 9.84 Å². The molecule has 0 aromatic carbocycles. The van der Waals surface area contributed by atoms with Gasteiger partial charge in [0.1, 0.15) is 5.60 Å². The molecule has 1 aromatic rings. The lowest BCUT2D eigenvalue weighted by atomic mass is 10.2. The van der Waals surface area contributed by atoms with E-state index in [1.54, 1.807) is 0 Å². The van der Waals surface area contributed by atoms with Crippen molar-refractivity contribution in [3.63, 3.8) is 0 Å². The molecular weight excluding hydrogens is 290 g/mol. The number of amides is 1. The van der Waals surface area contributed by atoms with E-state index in [1.165, 1.54) is 11.3 Å². The van der Waals surface area contributed by atoms with Crippen LogP contribution in [0.1, 0.15) is 37.6 Å². The van der Waals surface area contributed by atoms with Crippen LogP contribution in [-0.2, 0) is 16.0 Å². The third kappa shape index (κ3) is 8.14. The van der Waals surface area contributed by atoms with Gasteiger partial charge in [0, 0.05) is 11.4 Å². The highest BCUT2D eigenvalue weighted by atomic mass is 32.1. The summed E-state index contributed by atoms with van der Waals surface area (Å²) in [5.74, 6) is -0.825. The Morgan fingerprint density at radius 3 is 2.76 bits per heavy atom. The number of thiophene rings is 1. The van der Waals surface area contributed by atoms with Gasteiger partial charge in [0.25, 0.3) is 0 Å². The Hall–Kier alpha value is -1.82. The number of nitrogens with one attached hydrogen (secondary N) is 1. The monoisotopic (exact) mass is 311 g/mol. The first-order valence-corrected chi connectivity index (χ1v) is 7.57. The predicted octanol–water partition coefficient (Wildman–Crippen LogP) is 3.30. The third-order valence-corrected chi connectivity index (χ3v) is 3.24. The summed E-state index contributed by atoms with van der Waals surface area (Å²) in [7, 11) is 0. The largest absolute Gasteiger partial charge is 0.481 e. The van der Waals surface area contributed by atoms with Crippen molar-refractivity contribution in [3.8, 4) is 0 Å². The molecule has 0 saturated heterocycles. The van der Waals surface area contributed by atoms with Gasteiger partial charge in [-0.05, 0) is 44.2 Å². The van der Waals surface area contributed by atoms with E-state index in [0.717, 1.165) is 10.4 Å². The molecule has 6 heteroatoms. The van der Waals surface area contributed by atoms with Crippen molar-refractivity contribution < 1.29 is 19.4 Å². The summed E-state index contributed by atoms with van der Waals surface area (Å²) in [6.45, 7) is 5.95. The summed E-state index contributed by atoms with van der Waals surface area (Å²) in [6, 6.07) is 1.86. The summed E-state index contributed by atoms with van der Waals surface area (Å²) in [6.07, 6.45) is 4.17. The van der Waals surface area contributed by atoms with Crippen LogP contribution in [0, 0.1) is 0 Å². The second kappa shape index (κ2) is 7.83. The molecule has 1 rings (SSSR count). The van der Waals surface area contributed by atoms with Crippen molar-refractivity contribution >= 4 is 29.5 Å². The molecule has 1 amide bonds. The lowest BCUT2D eigenvalue weighted by Crippen LogP contribution is -2.32. The van der Waals surface area contributed by atoms with Crippen LogP contribution < -0.4 is 5.32 Å². The number of rotatable bonds is 6. The first kappa shape index (κ1) is 17.2. The second-order valence-corrected chi connectivity index (χ2v) is 6.53. The molecule has 116 valence electrons. The van der Waals surface area contributed by atoms with Crippen LogP contribution in [0.4, 0.5) is 4.79 Å². The molecule has 5 nitrogen and oxygen atoms in total. The topological polar surface area (TPSA) is 75.6 Å². The fourth-order valence-corrected chi connectivity index (χ4v) is 2.36. The van der Waals surface area contributed by atoms with E-state index < -0.39 is 17.7 Å². The van der Waals surface area contributed by atoms with Crippen LogP contribution in [-0.4, -0.2) is 29.3 Å². The number of carboxylic acids is 1. The molecule has 1 aromatic heterocycles. The lowest BCUT2D eigenvalue weighted by molar-refractivity contribution is -0.136. The van der Waals surface area contributed by atoms with Crippen LogP contribution in [0.5, 0.6) is 0 Å². The minimum Gasteiger partial charge on any atom is -0.481 e. The molecule has 2 N–H and O–H groups in total. The zero-order valence-corrected chi connectivity index (χ0v) is 13.3. The molecule has 0 radical (unpaired) electrons. The molecular formula is C15H21NO4S. The van der Waals surface area contributed by atoms with E-state index >= 15 is 0 Å². The zero-order valence-electron chi connectivity index (χ0n) is 12.5. The van der Waals surface area contributed by atoms with Gasteiger partial charge < -0.3 is 15.2 Å². The van der Waals surface area contributed by atoms with E-state index in [0.29, 0.717) is 13.0 Å². The van der Waals surface area contributed by atoms with Gasteiger partial charge in [-0.1, -0.05) is 12.2 Å². The molecule has 0 saturated carbocycles. The van der Waals surface area contributed by atoms with Crippen LogP contribution in [0.3, 0.4) is 0 Å². The first-order valence-electron chi connectivity index (χ1n) is 6.69. The molecule has 1 heterocycles. The highest BCUT2D eigenvalue weighted by Gasteiger charge is 2.15. The first-order chi connectivity index (χ1) is 9.76. The molecule has 0 unspecified atom stereocenters. The van der Waals surface area contributed by atoms with E-state index in [2.05, 4.69) is 5.32 Å². The zero-order chi connectivity index (χ0) is 15.9. The van der Waals surface area contributed by atoms with E-state index in [9.17, 15) is 9.59 Å². The van der Waals surface area contributed by atoms with Crippen LogP contribution in [0.2, 0.25) is 0 Å². The maximum Gasteiger partial charge on any atom is 0.407 e. The number of hydrogen-bond acceptors (Lipinski definition) is 4. The summed E-state index contributed by atoms with van der Waals surface area (Å²) in [4.78, 5) is 22.8. The van der Waals surface area contributed by atoms with Gasteiger partial charge in [-0.15, -0.1) is 11.3 Å². The average molecular weight is 311 g/mol. The van der Waals surface area contributed by atoms with Gasteiger partial charge in [0.2, 0.25) is 0 Å². The quantitative estimate of drug-likeness (QED) is 0.790. The van der Waals surface area contributed by atoms with E-state index in [-0.39, 0.29) is 6.42 Å². The number of ether oxygens (including phenoxy) is 1. The smallest absolute Gasteiger partial charge is 0.407 e. The van der Waals surface area contributed by atoms with Gasteiger partial charge in [-0.3, -0.25) is 4.79 Å². The fourth-order valence-electron chi connectivity index (χ4n) is 1.52. The normalized spacial score (nSPS) is 11.6. The van der Waals surface area contributed by atoms with Gasteiger partial charge in [-0.25, -0.2) is 4.79 Å². The Morgan fingerprint density at radius 2 is 2.14 bits per heavy atom. The number of aliphatic carboxylic acids is 1. The van der Waals surface area contributed by atoms with Crippen molar-refractivity contribution in [2.45, 2.75) is 39.2 Å². The molecule has 0 spiro atoms. The maximum atomic E-state index is 11.4. The van der Waals surface area contributed by atoms with Crippen molar-refractivity contribution in [3.05, 3.63) is 28.0 Å². The van der Waals surface area contributed by atoms with Crippen LogP contribution >= 0.6 is 11.3 Å². The molecule has 0 fully saturated rings. The summed E-state index contributed by atoms with van der Waals surface area (Å²) in [5.41, 5.74) is 0.491. The SMILES string of the molecule is CC(C)(C)OC(=O)NCCC=Cc1csc(CC(=O)O)c1. The van der Waals surface area contributed by atoms with Crippen molar-refractivity contribution in [1.29, 1.82) is 0 Å². The number of hydrogen-bond donors (Lipinski definition) is 2. The average Bonchev–Trinajstić information content (AvgIpc) is 2.73. The highest BCUT2D eigenvalue weighted by Crippen LogP contribution is 2.16. The standard InChI is InChI=1S/C15H21NO4S/c1-15(2,3)20-14(19)16-7-5-4-6-11-8-12(21-10-11)9-13(17)18/h4,6,8,10H,5,7,9H2,1-3H3,(H,16,19)(H,17,18). The van der Waals surface area contributed by atoms with Gasteiger partial charge >= 0.3 is 12.1 Å².